The molecule has 0 aliphatic heterocycles. The average Bonchev–Trinajstić information content (AvgIpc) is 2.84. The molecule has 2 heteroatoms. The Labute approximate surface area is 180 Å². The van der Waals surface area contributed by atoms with Gasteiger partial charge in [0.05, 0.1) is 17.3 Å². The van der Waals surface area contributed by atoms with Crippen molar-refractivity contribution in [2.45, 2.75) is 0 Å². The predicted octanol–water partition coefficient (Wildman–Crippen LogP) is 7.93. The standard InChI is InChI=1S/C29H18N2/c30-19-20-9-15-25(16-10-20)31(24-7-2-1-3-8-24)27-18-14-23-12-11-21-5-4-6-22-13-17-26(27)29(23)28(21)22/h1-18H. The molecule has 6 aromatic carbocycles. The second kappa shape index (κ2) is 6.86. The molecule has 0 unspecified atom stereocenters. The van der Waals surface area contributed by atoms with Gasteiger partial charge in [-0.1, -0.05) is 66.7 Å². The van der Waals surface area contributed by atoms with Gasteiger partial charge in [0.1, 0.15) is 0 Å². The summed E-state index contributed by atoms with van der Waals surface area (Å²) in [5, 5.41) is 16.8. The Balaban J connectivity index is 1.69. The van der Waals surface area contributed by atoms with Crippen molar-refractivity contribution in [1.29, 1.82) is 5.26 Å². The zero-order chi connectivity index (χ0) is 20.8. The highest BCUT2D eigenvalue weighted by atomic mass is 15.1. The molecule has 0 aromatic heterocycles. The molecule has 0 radical (unpaired) electrons. The number of hydrogen-bond donors (Lipinski definition) is 0. The van der Waals surface area contributed by atoms with Gasteiger partial charge in [-0.3, -0.25) is 0 Å². The van der Waals surface area contributed by atoms with Gasteiger partial charge >= 0.3 is 0 Å². The Morgan fingerprint density at radius 3 is 1.84 bits per heavy atom. The van der Waals surface area contributed by atoms with Crippen LogP contribution in [0.15, 0.2) is 109 Å². The first-order chi connectivity index (χ1) is 15.3. The summed E-state index contributed by atoms with van der Waals surface area (Å²) in [7, 11) is 0. The van der Waals surface area contributed by atoms with Crippen LogP contribution in [0.5, 0.6) is 0 Å². The molecule has 0 aliphatic rings. The highest BCUT2D eigenvalue weighted by Gasteiger charge is 2.17. The molecule has 0 amide bonds. The van der Waals surface area contributed by atoms with E-state index in [1.165, 1.54) is 32.3 Å². The number of benzene rings is 6. The van der Waals surface area contributed by atoms with Crippen molar-refractivity contribution in [3.05, 3.63) is 115 Å². The van der Waals surface area contributed by atoms with E-state index in [-0.39, 0.29) is 0 Å². The van der Waals surface area contributed by atoms with Gasteiger partial charge in [0.15, 0.2) is 0 Å². The topological polar surface area (TPSA) is 27.0 Å². The largest absolute Gasteiger partial charge is 0.310 e. The molecule has 6 rings (SSSR count). The van der Waals surface area contributed by atoms with Crippen molar-refractivity contribution in [2.24, 2.45) is 0 Å². The molecule has 0 fully saturated rings. The molecular weight excluding hydrogens is 376 g/mol. The van der Waals surface area contributed by atoms with Gasteiger partial charge < -0.3 is 4.90 Å². The third kappa shape index (κ3) is 2.72. The van der Waals surface area contributed by atoms with E-state index >= 15 is 0 Å². The fourth-order valence-electron chi connectivity index (χ4n) is 4.60. The lowest BCUT2D eigenvalue weighted by Gasteiger charge is -2.27. The molecule has 2 nitrogen and oxygen atoms in total. The lowest BCUT2D eigenvalue weighted by atomic mass is 9.93. The van der Waals surface area contributed by atoms with Crippen LogP contribution in [-0.4, -0.2) is 0 Å². The first-order valence-corrected chi connectivity index (χ1v) is 10.4. The number of nitriles is 1. The van der Waals surface area contributed by atoms with Crippen LogP contribution in [0.3, 0.4) is 0 Å². The summed E-state index contributed by atoms with van der Waals surface area (Å²) in [6, 6.07) is 40.2. The Bertz CT molecular complexity index is 1560. The highest BCUT2D eigenvalue weighted by molar-refractivity contribution is 6.25. The first-order valence-electron chi connectivity index (χ1n) is 10.4. The molecule has 144 valence electrons. The van der Waals surface area contributed by atoms with E-state index in [1.54, 1.807) is 0 Å². The zero-order valence-corrected chi connectivity index (χ0v) is 16.8. The number of para-hydroxylation sites is 1. The minimum atomic E-state index is 0.659. The van der Waals surface area contributed by atoms with E-state index < -0.39 is 0 Å². The molecule has 31 heavy (non-hydrogen) atoms. The Morgan fingerprint density at radius 2 is 1.13 bits per heavy atom. The van der Waals surface area contributed by atoms with E-state index in [9.17, 15) is 5.26 Å². The average molecular weight is 394 g/mol. The number of nitrogens with zero attached hydrogens (tertiary/aromatic N) is 2. The maximum Gasteiger partial charge on any atom is 0.0991 e. The van der Waals surface area contributed by atoms with Crippen LogP contribution in [0.4, 0.5) is 17.1 Å². The second-order valence-electron chi connectivity index (χ2n) is 7.77. The Hall–Kier alpha value is -4.35. The molecule has 6 aromatic rings. The smallest absolute Gasteiger partial charge is 0.0991 e. The van der Waals surface area contributed by atoms with Gasteiger partial charge in [-0.25, -0.2) is 0 Å². The minimum absolute atomic E-state index is 0.659. The summed E-state index contributed by atoms with van der Waals surface area (Å²) in [5.41, 5.74) is 3.90. The molecule has 0 N–H and O–H groups in total. The number of anilines is 3. The predicted molar refractivity (Wildman–Crippen MR) is 130 cm³/mol. The first kappa shape index (κ1) is 17.5. The van der Waals surface area contributed by atoms with Crippen LogP contribution in [-0.2, 0) is 0 Å². The van der Waals surface area contributed by atoms with Crippen molar-refractivity contribution in [3.63, 3.8) is 0 Å². The summed E-state index contributed by atoms with van der Waals surface area (Å²) < 4.78 is 0. The second-order valence-corrected chi connectivity index (χ2v) is 7.77. The van der Waals surface area contributed by atoms with Crippen LogP contribution in [0.2, 0.25) is 0 Å². The van der Waals surface area contributed by atoms with Gasteiger partial charge in [0.2, 0.25) is 0 Å². The fourth-order valence-corrected chi connectivity index (χ4v) is 4.60. The zero-order valence-electron chi connectivity index (χ0n) is 16.8. The van der Waals surface area contributed by atoms with Gasteiger partial charge in [-0.2, -0.15) is 5.26 Å². The Morgan fingerprint density at radius 1 is 0.516 bits per heavy atom. The van der Waals surface area contributed by atoms with E-state index in [2.05, 4.69) is 89.8 Å². The van der Waals surface area contributed by atoms with Crippen LogP contribution in [0.25, 0.3) is 32.3 Å². The summed E-state index contributed by atoms with van der Waals surface area (Å²) in [4.78, 5) is 2.27. The van der Waals surface area contributed by atoms with Crippen molar-refractivity contribution >= 4 is 49.4 Å². The molecule has 0 atom stereocenters. The van der Waals surface area contributed by atoms with Crippen LogP contribution >= 0.6 is 0 Å². The summed E-state index contributed by atoms with van der Waals surface area (Å²) in [5.74, 6) is 0. The monoisotopic (exact) mass is 394 g/mol. The maximum absolute atomic E-state index is 9.24. The molecule has 0 bridgehead atoms. The van der Waals surface area contributed by atoms with Crippen molar-refractivity contribution in [2.75, 3.05) is 4.90 Å². The van der Waals surface area contributed by atoms with Crippen molar-refractivity contribution < 1.29 is 0 Å². The van der Waals surface area contributed by atoms with Gasteiger partial charge in [-0.15, -0.1) is 0 Å². The molecular formula is C29H18N2. The van der Waals surface area contributed by atoms with E-state index in [0.29, 0.717) is 5.56 Å². The maximum atomic E-state index is 9.24. The SMILES string of the molecule is N#Cc1ccc(N(c2ccccc2)c2ccc3ccc4cccc5ccc2c3c45)cc1. The fraction of sp³-hybridized carbons (Fsp3) is 0. The number of rotatable bonds is 3. The Kier molecular flexibility index (Phi) is 3.88. The molecule has 0 aliphatic carbocycles. The van der Waals surface area contributed by atoms with E-state index in [1.807, 2.05) is 30.3 Å². The highest BCUT2D eigenvalue weighted by Crippen LogP contribution is 2.43. The van der Waals surface area contributed by atoms with Gasteiger partial charge in [0.25, 0.3) is 0 Å². The molecule has 0 saturated heterocycles. The number of hydrogen-bond acceptors (Lipinski definition) is 2. The quantitative estimate of drug-likeness (QED) is 0.285. The van der Waals surface area contributed by atoms with Crippen LogP contribution in [0.1, 0.15) is 5.56 Å². The summed E-state index contributed by atoms with van der Waals surface area (Å²) in [6.07, 6.45) is 0. The van der Waals surface area contributed by atoms with Gasteiger partial charge in [-0.05, 0) is 69.4 Å². The summed E-state index contributed by atoms with van der Waals surface area (Å²) in [6.45, 7) is 0. The third-order valence-corrected chi connectivity index (χ3v) is 6.02. The molecule has 0 saturated carbocycles. The van der Waals surface area contributed by atoms with Crippen LogP contribution < -0.4 is 4.90 Å². The molecule has 0 spiro atoms. The van der Waals surface area contributed by atoms with Crippen molar-refractivity contribution in [3.8, 4) is 6.07 Å². The van der Waals surface area contributed by atoms with Crippen molar-refractivity contribution in [1.82, 2.24) is 0 Å². The van der Waals surface area contributed by atoms with E-state index in [4.69, 9.17) is 0 Å². The summed E-state index contributed by atoms with van der Waals surface area (Å²) >= 11 is 0. The lowest BCUT2D eigenvalue weighted by Crippen LogP contribution is -2.10. The third-order valence-electron chi connectivity index (χ3n) is 6.02. The molecule has 0 heterocycles. The minimum Gasteiger partial charge on any atom is -0.310 e. The van der Waals surface area contributed by atoms with Crippen LogP contribution in [0, 0.1) is 11.3 Å². The normalized spacial score (nSPS) is 11.2. The van der Waals surface area contributed by atoms with Gasteiger partial charge in [0, 0.05) is 16.8 Å². The van der Waals surface area contributed by atoms with E-state index in [0.717, 1.165) is 17.1 Å². The lowest BCUT2D eigenvalue weighted by molar-refractivity contribution is 1.30.